The van der Waals surface area contributed by atoms with Crippen LogP contribution in [0.25, 0.3) is 0 Å². The Bertz CT molecular complexity index is 485. The smallest absolute Gasteiger partial charge is 0.406 e. The van der Waals surface area contributed by atoms with Gasteiger partial charge in [0.25, 0.3) is 0 Å². The van der Waals surface area contributed by atoms with Crippen LogP contribution in [0.1, 0.15) is 24.2 Å². The molecule has 1 amide bonds. The minimum absolute atomic E-state index is 0.326. The standard InChI is InChI=1S/C13H20N4O2/c1-14-13(18)19-7-10-8-3-5-11-12(6-4-9(8)10)17(2)16-15-11/h8-10H,3-7H2,1-2H3,(H,14,18)/t8-,9+,10-/m0/s1. The molecule has 0 radical (unpaired) electrons. The lowest BCUT2D eigenvalue weighted by Gasteiger charge is -2.07. The van der Waals surface area contributed by atoms with Crippen LogP contribution >= 0.6 is 0 Å². The molecule has 6 heteroatoms. The first-order chi connectivity index (χ1) is 9.20. The highest BCUT2D eigenvalue weighted by atomic mass is 16.5. The topological polar surface area (TPSA) is 69.0 Å². The van der Waals surface area contributed by atoms with Crippen LogP contribution in [0.4, 0.5) is 4.79 Å². The second-order valence-electron chi connectivity index (χ2n) is 5.52. The van der Waals surface area contributed by atoms with E-state index in [1.165, 1.54) is 5.69 Å². The van der Waals surface area contributed by atoms with Gasteiger partial charge in [0.1, 0.15) is 0 Å². The van der Waals surface area contributed by atoms with E-state index in [0.29, 0.717) is 24.4 Å². The molecule has 0 bridgehead atoms. The lowest BCUT2D eigenvalue weighted by atomic mass is 10.0. The second kappa shape index (κ2) is 4.83. The van der Waals surface area contributed by atoms with Crippen LogP contribution in [0, 0.1) is 17.8 Å². The summed E-state index contributed by atoms with van der Waals surface area (Å²) in [6.45, 7) is 0.553. The van der Waals surface area contributed by atoms with E-state index in [1.54, 1.807) is 7.05 Å². The fourth-order valence-corrected chi connectivity index (χ4v) is 3.40. The van der Waals surface area contributed by atoms with Crippen LogP contribution < -0.4 is 5.32 Å². The summed E-state index contributed by atoms with van der Waals surface area (Å²) in [5.41, 5.74) is 2.43. The number of hydrogen-bond acceptors (Lipinski definition) is 4. The first kappa shape index (κ1) is 12.4. The quantitative estimate of drug-likeness (QED) is 0.862. The minimum Gasteiger partial charge on any atom is -0.449 e. The van der Waals surface area contributed by atoms with Gasteiger partial charge in [-0.05, 0) is 43.4 Å². The van der Waals surface area contributed by atoms with Crippen LogP contribution in [0.3, 0.4) is 0 Å². The van der Waals surface area contributed by atoms with Crippen molar-refractivity contribution in [3.05, 3.63) is 11.4 Å². The maximum atomic E-state index is 11.1. The van der Waals surface area contributed by atoms with Gasteiger partial charge in [0, 0.05) is 14.1 Å². The average molecular weight is 264 g/mol. The zero-order chi connectivity index (χ0) is 13.4. The summed E-state index contributed by atoms with van der Waals surface area (Å²) in [5, 5.41) is 10.8. The Morgan fingerprint density at radius 1 is 1.42 bits per heavy atom. The van der Waals surface area contributed by atoms with Crippen molar-refractivity contribution < 1.29 is 9.53 Å². The number of amides is 1. The molecular weight excluding hydrogens is 244 g/mol. The molecule has 1 aromatic heterocycles. The van der Waals surface area contributed by atoms with Crippen molar-refractivity contribution in [3.63, 3.8) is 0 Å². The van der Waals surface area contributed by atoms with Crippen molar-refractivity contribution in [2.75, 3.05) is 13.7 Å². The Morgan fingerprint density at radius 2 is 2.16 bits per heavy atom. The number of nitrogens with zero attached hydrogens (tertiary/aromatic N) is 3. The average Bonchev–Trinajstić information content (AvgIpc) is 2.93. The summed E-state index contributed by atoms with van der Waals surface area (Å²) in [4.78, 5) is 11.1. The molecule has 104 valence electrons. The number of rotatable bonds is 2. The Balaban J connectivity index is 1.59. The molecule has 19 heavy (non-hydrogen) atoms. The number of aromatic nitrogens is 3. The summed E-state index contributed by atoms with van der Waals surface area (Å²) in [6.07, 6.45) is 4.00. The Labute approximate surface area is 112 Å². The van der Waals surface area contributed by atoms with E-state index >= 15 is 0 Å². The molecule has 1 fully saturated rings. The van der Waals surface area contributed by atoms with E-state index in [0.717, 1.165) is 31.4 Å². The molecular formula is C13H20N4O2. The van der Waals surface area contributed by atoms with Crippen molar-refractivity contribution in [1.82, 2.24) is 20.3 Å². The number of carbonyl (C=O) groups excluding carboxylic acids is 1. The number of fused-ring (bicyclic) bond motifs is 2. The van der Waals surface area contributed by atoms with Gasteiger partial charge in [0.15, 0.2) is 0 Å². The molecule has 0 aromatic carbocycles. The van der Waals surface area contributed by atoms with E-state index in [1.807, 2.05) is 11.7 Å². The molecule has 1 N–H and O–H groups in total. The predicted molar refractivity (Wildman–Crippen MR) is 68.5 cm³/mol. The summed E-state index contributed by atoms with van der Waals surface area (Å²) in [7, 11) is 3.55. The first-order valence-electron chi connectivity index (χ1n) is 6.92. The van der Waals surface area contributed by atoms with Crippen molar-refractivity contribution in [3.8, 4) is 0 Å². The Hall–Kier alpha value is -1.59. The highest BCUT2D eigenvalue weighted by molar-refractivity contribution is 5.66. The largest absolute Gasteiger partial charge is 0.449 e. The maximum Gasteiger partial charge on any atom is 0.406 e. The Morgan fingerprint density at radius 3 is 2.89 bits per heavy atom. The molecule has 0 saturated heterocycles. The fourth-order valence-electron chi connectivity index (χ4n) is 3.40. The van der Waals surface area contributed by atoms with Crippen LogP contribution in [0.15, 0.2) is 0 Å². The normalized spacial score (nSPS) is 28.6. The molecule has 0 unspecified atom stereocenters. The number of aryl methyl sites for hydroxylation is 2. The molecule has 2 aliphatic carbocycles. The molecule has 3 atom stereocenters. The lowest BCUT2D eigenvalue weighted by molar-refractivity contribution is 0.139. The minimum atomic E-state index is -0.326. The highest BCUT2D eigenvalue weighted by Crippen LogP contribution is 2.52. The molecule has 0 aliphatic heterocycles. The van der Waals surface area contributed by atoms with Crippen molar-refractivity contribution in [2.45, 2.75) is 25.7 Å². The maximum absolute atomic E-state index is 11.1. The van der Waals surface area contributed by atoms with Gasteiger partial charge < -0.3 is 10.1 Å². The molecule has 2 aliphatic rings. The van der Waals surface area contributed by atoms with E-state index in [2.05, 4.69) is 15.6 Å². The van der Waals surface area contributed by atoms with Crippen molar-refractivity contribution >= 4 is 6.09 Å². The van der Waals surface area contributed by atoms with Gasteiger partial charge >= 0.3 is 6.09 Å². The molecule has 1 saturated carbocycles. The number of nitrogens with one attached hydrogen (secondary N) is 1. The van der Waals surface area contributed by atoms with Gasteiger partial charge in [-0.15, -0.1) is 5.10 Å². The number of alkyl carbamates (subject to hydrolysis) is 1. The summed E-state index contributed by atoms with van der Waals surface area (Å²) >= 11 is 0. The van der Waals surface area contributed by atoms with Crippen LogP contribution in [0.2, 0.25) is 0 Å². The summed E-state index contributed by atoms with van der Waals surface area (Å²) in [5.74, 6) is 1.94. The summed E-state index contributed by atoms with van der Waals surface area (Å²) < 4.78 is 7.08. The molecule has 6 nitrogen and oxygen atoms in total. The van der Waals surface area contributed by atoms with E-state index in [4.69, 9.17) is 4.74 Å². The van der Waals surface area contributed by atoms with Crippen LogP contribution in [-0.4, -0.2) is 34.7 Å². The van der Waals surface area contributed by atoms with Gasteiger partial charge in [0.2, 0.25) is 0 Å². The molecule has 1 aromatic rings. The van der Waals surface area contributed by atoms with Gasteiger partial charge in [-0.1, -0.05) is 5.21 Å². The second-order valence-corrected chi connectivity index (χ2v) is 5.52. The molecule has 3 rings (SSSR count). The summed E-state index contributed by atoms with van der Waals surface area (Å²) in [6, 6.07) is 0. The zero-order valence-electron chi connectivity index (χ0n) is 11.4. The lowest BCUT2D eigenvalue weighted by Crippen LogP contribution is -2.20. The van der Waals surface area contributed by atoms with E-state index in [9.17, 15) is 4.79 Å². The predicted octanol–water partition coefficient (Wildman–Crippen LogP) is 0.912. The number of hydrogen-bond donors (Lipinski definition) is 1. The van der Waals surface area contributed by atoms with Gasteiger partial charge in [-0.25, -0.2) is 4.79 Å². The van der Waals surface area contributed by atoms with Crippen molar-refractivity contribution in [1.29, 1.82) is 0 Å². The SMILES string of the molecule is CNC(=O)OC[C@@H]1[C@@H]2CCc3c(nnn3C)CC[C@@H]21. The first-order valence-corrected chi connectivity index (χ1v) is 6.92. The van der Waals surface area contributed by atoms with E-state index < -0.39 is 0 Å². The molecule has 1 heterocycles. The van der Waals surface area contributed by atoms with Gasteiger partial charge in [-0.2, -0.15) is 0 Å². The van der Waals surface area contributed by atoms with Crippen molar-refractivity contribution in [2.24, 2.45) is 24.8 Å². The van der Waals surface area contributed by atoms with Crippen LogP contribution in [0.5, 0.6) is 0 Å². The number of ether oxygens (including phenoxy) is 1. The zero-order valence-corrected chi connectivity index (χ0v) is 11.4. The van der Waals surface area contributed by atoms with Crippen LogP contribution in [-0.2, 0) is 24.6 Å². The third-order valence-corrected chi connectivity index (χ3v) is 4.57. The Kier molecular flexibility index (Phi) is 3.16. The fraction of sp³-hybridized carbons (Fsp3) is 0.769. The van der Waals surface area contributed by atoms with Gasteiger partial charge in [0.05, 0.1) is 18.0 Å². The molecule has 0 spiro atoms. The third-order valence-electron chi connectivity index (χ3n) is 4.57. The highest BCUT2D eigenvalue weighted by Gasteiger charge is 2.50. The van der Waals surface area contributed by atoms with Gasteiger partial charge in [-0.3, -0.25) is 4.68 Å². The monoisotopic (exact) mass is 264 g/mol. The van der Waals surface area contributed by atoms with E-state index in [-0.39, 0.29) is 6.09 Å². The third kappa shape index (κ3) is 2.31. The number of carbonyl (C=O) groups is 1.